The van der Waals surface area contributed by atoms with Crippen molar-refractivity contribution in [3.05, 3.63) is 56.9 Å². The van der Waals surface area contributed by atoms with Crippen LogP contribution in [0.5, 0.6) is 5.75 Å². The highest BCUT2D eigenvalue weighted by Gasteiger charge is 2.45. The van der Waals surface area contributed by atoms with Gasteiger partial charge in [0.05, 0.1) is 29.0 Å². The number of aliphatic hydroxyl groups excluding tert-OH is 1. The highest BCUT2D eigenvalue weighted by atomic mass is 16.6. The summed E-state index contributed by atoms with van der Waals surface area (Å²) in [6.45, 7) is 6.35. The number of cyclic esters (lactones) is 1. The fourth-order valence-electron chi connectivity index (χ4n) is 7.52. The summed E-state index contributed by atoms with van der Waals surface area (Å²) in [4.78, 5) is 48.0. The molecule has 0 spiro atoms. The molecule has 2 fully saturated rings. The second kappa shape index (κ2) is 11.0. The summed E-state index contributed by atoms with van der Waals surface area (Å²) in [5.41, 5.74) is 2.09. The van der Waals surface area contributed by atoms with Crippen molar-refractivity contribution in [2.24, 2.45) is 0 Å². The molecule has 11 heteroatoms. The molecular weight excluding hydrogens is 564 g/mol. The maximum absolute atomic E-state index is 13.6. The van der Waals surface area contributed by atoms with Crippen molar-refractivity contribution in [1.29, 1.82) is 0 Å². The molecule has 3 aromatic rings. The minimum Gasteiger partial charge on any atom is -0.458 e. The molecule has 2 N–H and O–H groups in total. The average Bonchev–Trinajstić information content (AvgIpc) is 3.40. The van der Waals surface area contributed by atoms with Crippen LogP contribution >= 0.6 is 0 Å². The molecule has 0 unspecified atom stereocenters. The number of amides is 1. The first-order valence-corrected chi connectivity index (χ1v) is 15.8. The number of rotatable bonds is 4. The zero-order valence-corrected chi connectivity index (χ0v) is 25.2. The van der Waals surface area contributed by atoms with E-state index in [1.807, 2.05) is 6.92 Å². The number of piperidine rings is 2. The van der Waals surface area contributed by atoms with Crippen LogP contribution < -0.4 is 10.3 Å². The number of aromatic nitrogens is 2. The maximum Gasteiger partial charge on any atom is 0.417 e. The summed E-state index contributed by atoms with van der Waals surface area (Å²) in [6, 6.07) is 7.26. The standard InChI is InChI=1S/C33H38N4O7/c1-3-21-22-15-20(44-32(41)36-13-10-19(14-28(36)38)35-11-6-5-7-12-35)8-9-26(22)34-29-23(21)17-37-27(29)16-25-24(30(37)39)18-43-31(40)33(25,42)4-2/h8-9,15-16,19,28,38,42H,3-7,10-14,17-18H2,1-2H3/t19-,28+,33-/m0/s1. The number of likely N-dealkylation sites (tertiary alicyclic amines) is 2. The third kappa shape index (κ3) is 4.52. The lowest BCUT2D eigenvalue weighted by molar-refractivity contribution is -0.172. The second-order valence-electron chi connectivity index (χ2n) is 12.4. The van der Waals surface area contributed by atoms with Crippen LogP contribution in [0.4, 0.5) is 4.79 Å². The fraction of sp³-hybridized carbons (Fsp3) is 0.515. The maximum atomic E-state index is 13.6. The van der Waals surface area contributed by atoms with Crippen LogP contribution in [0.25, 0.3) is 22.3 Å². The van der Waals surface area contributed by atoms with E-state index >= 15 is 0 Å². The van der Waals surface area contributed by atoms with Gasteiger partial charge in [0.2, 0.25) is 0 Å². The predicted octanol–water partition coefficient (Wildman–Crippen LogP) is 3.41. The Balaban J connectivity index is 1.17. The summed E-state index contributed by atoms with van der Waals surface area (Å²) < 4.78 is 12.6. The monoisotopic (exact) mass is 602 g/mol. The summed E-state index contributed by atoms with van der Waals surface area (Å²) in [7, 11) is 0. The van der Waals surface area contributed by atoms with Gasteiger partial charge in [0.25, 0.3) is 5.56 Å². The number of carbonyl (C=O) groups excluding carboxylic acids is 2. The molecule has 0 saturated carbocycles. The number of nitrogens with zero attached hydrogens (tertiary/aromatic N) is 4. The largest absolute Gasteiger partial charge is 0.458 e. The van der Waals surface area contributed by atoms with Crippen LogP contribution in [-0.4, -0.2) is 73.5 Å². The Hall–Kier alpha value is -3.80. The number of hydrogen-bond acceptors (Lipinski definition) is 9. The van der Waals surface area contributed by atoms with Crippen molar-refractivity contribution in [3.8, 4) is 17.1 Å². The number of benzene rings is 1. The van der Waals surface area contributed by atoms with Crippen LogP contribution in [0, 0.1) is 0 Å². The van der Waals surface area contributed by atoms with Crippen LogP contribution in [0.15, 0.2) is 29.1 Å². The number of carbonyl (C=O) groups is 2. The summed E-state index contributed by atoms with van der Waals surface area (Å²) in [6.07, 6.45) is 4.19. The molecule has 7 rings (SSSR count). The van der Waals surface area contributed by atoms with Gasteiger partial charge < -0.3 is 29.2 Å². The second-order valence-corrected chi connectivity index (χ2v) is 12.4. The van der Waals surface area contributed by atoms with Gasteiger partial charge in [-0.15, -0.1) is 0 Å². The lowest BCUT2D eigenvalue weighted by Gasteiger charge is -2.42. The number of fused-ring (bicyclic) bond motifs is 5. The molecule has 4 aliphatic rings. The smallest absolute Gasteiger partial charge is 0.417 e. The van der Waals surface area contributed by atoms with E-state index in [1.165, 1.54) is 24.2 Å². The van der Waals surface area contributed by atoms with E-state index in [2.05, 4.69) is 4.90 Å². The SMILES string of the molecule is CCc1c2c(nc3ccc(OC(=O)N4CC[C@H](N5CCCCC5)C[C@H]4O)cc13)-c1cc3c(c(=O)n1C2)COC(=O)[C@]3(O)CC. The van der Waals surface area contributed by atoms with E-state index in [1.54, 1.807) is 35.8 Å². The van der Waals surface area contributed by atoms with Gasteiger partial charge >= 0.3 is 12.1 Å². The lowest BCUT2D eigenvalue weighted by Crippen LogP contribution is -2.53. The molecule has 6 heterocycles. The first-order valence-electron chi connectivity index (χ1n) is 15.8. The number of pyridine rings is 2. The Kier molecular flexibility index (Phi) is 7.22. The molecule has 44 heavy (non-hydrogen) atoms. The number of ether oxygens (including phenoxy) is 2. The van der Waals surface area contributed by atoms with E-state index in [0.717, 1.165) is 36.0 Å². The average molecular weight is 603 g/mol. The topological polar surface area (TPSA) is 134 Å². The summed E-state index contributed by atoms with van der Waals surface area (Å²) >= 11 is 0. The summed E-state index contributed by atoms with van der Waals surface area (Å²) in [5.74, 6) is -0.395. The van der Waals surface area contributed by atoms with E-state index < -0.39 is 23.9 Å². The van der Waals surface area contributed by atoms with Crippen LogP contribution in [0.1, 0.15) is 74.6 Å². The predicted molar refractivity (Wildman–Crippen MR) is 161 cm³/mol. The molecule has 0 bridgehead atoms. The number of aryl methyl sites for hydroxylation is 1. The van der Waals surface area contributed by atoms with E-state index in [4.69, 9.17) is 14.5 Å². The number of aliphatic hydroxyl groups is 2. The van der Waals surface area contributed by atoms with Crippen LogP contribution in [-0.2, 0) is 34.7 Å². The van der Waals surface area contributed by atoms with Gasteiger partial charge in [0, 0.05) is 35.5 Å². The van der Waals surface area contributed by atoms with Gasteiger partial charge in [0.15, 0.2) is 5.60 Å². The Morgan fingerprint density at radius 1 is 1.11 bits per heavy atom. The number of hydrogen-bond donors (Lipinski definition) is 2. The molecular formula is C33H38N4O7. The Morgan fingerprint density at radius 2 is 1.91 bits per heavy atom. The third-order valence-corrected chi connectivity index (χ3v) is 10.0. The minimum atomic E-state index is -1.88. The van der Waals surface area contributed by atoms with Gasteiger partial charge in [-0.25, -0.2) is 14.6 Å². The zero-order chi connectivity index (χ0) is 30.7. The van der Waals surface area contributed by atoms with E-state index in [0.29, 0.717) is 48.6 Å². The fourth-order valence-corrected chi connectivity index (χ4v) is 7.52. The molecule has 3 atom stereocenters. The van der Waals surface area contributed by atoms with Crippen molar-refractivity contribution in [1.82, 2.24) is 19.4 Å². The van der Waals surface area contributed by atoms with Crippen molar-refractivity contribution in [3.63, 3.8) is 0 Å². The molecule has 11 nitrogen and oxygen atoms in total. The molecule has 232 valence electrons. The normalized spacial score (nSPS) is 24.9. The van der Waals surface area contributed by atoms with Gasteiger partial charge in [-0.05, 0) is 75.0 Å². The first-order chi connectivity index (χ1) is 21.2. The van der Waals surface area contributed by atoms with Crippen molar-refractivity contribution < 1.29 is 29.3 Å². The molecule has 1 aromatic carbocycles. The molecule has 2 saturated heterocycles. The van der Waals surface area contributed by atoms with E-state index in [9.17, 15) is 24.6 Å². The zero-order valence-electron chi connectivity index (χ0n) is 25.2. The van der Waals surface area contributed by atoms with Crippen LogP contribution in [0.2, 0.25) is 0 Å². The molecule has 2 aromatic heterocycles. The van der Waals surface area contributed by atoms with E-state index in [-0.39, 0.29) is 35.8 Å². The Bertz CT molecular complexity index is 1730. The number of esters is 1. The highest BCUT2D eigenvalue weighted by Crippen LogP contribution is 2.41. The van der Waals surface area contributed by atoms with Crippen molar-refractivity contribution >= 4 is 23.0 Å². The quantitative estimate of drug-likeness (QED) is 0.337. The van der Waals surface area contributed by atoms with Gasteiger partial charge in [-0.2, -0.15) is 0 Å². The van der Waals surface area contributed by atoms with Crippen molar-refractivity contribution in [2.45, 2.75) is 89.8 Å². The summed E-state index contributed by atoms with van der Waals surface area (Å²) in [5, 5.41) is 22.8. The van der Waals surface area contributed by atoms with Gasteiger partial charge in [0.1, 0.15) is 18.6 Å². The molecule has 0 radical (unpaired) electrons. The Labute approximate surface area is 255 Å². The third-order valence-electron chi connectivity index (χ3n) is 10.0. The highest BCUT2D eigenvalue weighted by molar-refractivity contribution is 5.90. The first kappa shape index (κ1) is 28.9. The van der Waals surface area contributed by atoms with Crippen LogP contribution in [0.3, 0.4) is 0 Å². The Morgan fingerprint density at radius 3 is 2.64 bits per heavy atom. The molecule has 4 aliphatic heterocycles. The molecule has 1 amide bonds. The van der Waals surface area contributed by atoms with Gasteiger partial charge in [-0.1, -0.05) is 20.3 Å². The van der Waals surface area contributed by atoms with Crippen molar-refractivity contribution in [2.75, 3.05) is 19.6 Å². The lowest BCUT2D eigenvalue weighted by atomic mass is 9.86. The molecule has 0 aliphatic carbocycles. The van der Waals surface area contributed by atoms with Gasteiger partial charge in [-0.3, -0.25) is 9.69 Å². The minimum absolute atomic E-state index is 0.0783.